The minimum absolute atomic E-state index is 0. The van der Waals surface area contributed by atoms with Gasteiger partial charge in [-0.05, 0) is 37.8 Å². The molecule has 2 fully saturated rings. The van der Waals surface area contributed by atoms with Crippen LogP contribution in [-0.2, 0) is 4.79 Å². The number of anilines is 1. The van der Waals surface area contributed by atoms with Crippen LogP contribution in [0.5, 0.6) is 0 Å². The highest BCUT2D eigenvalue weighted by atomic mass is 127. The summed E-state index contributed by atoms with van der Waals surface area (Å²) in [6.45, 7) is 9.49. The van der Waals surface area contributed by atoms with Crippen LogP contribution < -0.4 is 15.5 Å². The fourth-order valence-corrected chi connectivity index (χ4v) is 3.92. The number of aliphatic imine (C=N–C) groups is 1. The van der Waals surface area contributed by atoms with Crippen molar-refractivity contribution in [2.75, 3.05) is 44.2 Å². The number of carbonyl (C=O) groups is 1. The Morgan fingerprint density at radius 1 is 1.14 bits per heavy atom. The van der Waals surface area contributed by atoms with Crippen molar-refractivity contribution in [3.63, 3.8) is 0 Å². The molecule has 3 rings (SSSR count). The van der Waals surface area contributed by atoms with Gasteiger partial charge in [0, 0.05) is 57.4 Å². The molecule has 7 heteroatoms. The van der Waals surface area contributed by atoms with E-state index in [0.717, 1.165) is 51.6 Å². The van der Waals surface area contributed by atoms with E-state index >= 15 is 0 Å². The highest BCUT2D eigenvalue weighted by Gasteiger charge is 2.26. The maximum Gasteiger partial charge on any atom is 0.222 e. The Morgan fingerprint density at radius 3 is 2.64 bits per heavy atom. The Kier molecular flexibility index (Phi) is 9.34. The van der Waals surface area contributed by atoms with Crippen LogP contribution >= 0.6 is 24.0 Å². The summed E-state index contributed by atoms with van der Waals surface area (Å²) in [4.78, 5) is 21.1. The lowest BCUT2D eigenvalue weighted by Crippen LogP contribution is -2.45. The average Bonchev–Trinajstić information content (AvgIpc) is 3.36. The summed E-state index contributed by atoms with van der Waals surface area (Å²) >= 11 is 0. The van der Waals surface area contributed by atoms with Gasteiger partial charge in [-0.15, -0.1) is 24.0 Å². The normalized spacial score (nSPS) is 22.1. The van der Waals surface area contributed by atoms with Gasteiger partial charge in [0.1, 0.15) is 0 Å². The standard InChI is InChI=1S/C21H33N5O.HI/c1-3-20(27)26-13-11-18(16-26)24-21(22-4-2)23-14-17-10-12-25(15-17)19-8-6-5-7-9-19;/h5-9,17-18H,3-4,10-16H2,1-2H3,(H2,22,23,24);1H. The molecule has 0 saturated carbocycles. The molecule has 2 heterocycles. The van der Waals surface area contributed by atoms with Crippen LogP contribution in [0.15, 0.2) is 35.3 Å². The number of guanidine groups is 1. The van der Waals surface area contributed by atoms with E-state index in [1.165, 1.54) is 12.1 Å². The maximum absolute atomic E-state index is 11.9. The van der Waals surface area contributed by atoms with Crippen LogP contribution in [0.4, 0.5) is 5.69 Å². The number of hydrogen-bond acceptors (Lipinski definition) is 3. The first kappa shape index (κ1) is 22.8. The van der Waals surface area contributed by atoms with Gasteiger partial charge in [-0.3, -0.25) is 9.79 Å². The molecule has 156 valence electrons. The fourth-order valence-electron chi connectivity index (χ4n) is 3.92. The average molecular weight is 499 g/mol. The van der Waals surface area contributed by atoms with E-state index in [2.05, 4.69) is 52.8 Å². The van der Waals surface area contributed by atoms with Crippen molar-refractivity contribution in [2.45, 2.75) is 39.2 Å². The first-order valence-corrected chi connectivity index (χ1v) is 10.3. The predicted molar refractivity (Wildman–Crippen MR) is 127 cm³/mol. The van der Waals surface area contributed by atoms with Gasteiger partial charge >= 0.3 is 0 Å². The van der Waals surface area contributed by atoms with Crippen molar-refractivity contribution in [3.05, 3.63) is 30.3 Å². The Labute approximate surface area is 186 Å². The summed E-state index contributed by atoms with van der Waals surface area (Å²) in [5.74, 6) is 1.71. The lowest BCUT2D eigenvalue weighted by atomic mass is 10.1. The quantitative estimate of drug-likeness (QED) is 0.359. The van der Waals surface area contributed by atoms with Crippen LogP contribution in [0.2, 0.25) is 0 Å². The Balaban J connectivity index is 0.00000280. The molecule has 0 radical (unpaired) electrons. The molecule has 0 spiro atoms. The third kappa shape index (κ3) is 6.25. The zero-order valence-electron chi connectivity index (χ0n) is 17.1. The van der Waals surface area contributed by atoms with Crippen LogP contribution in [0.1, 0.15) is 33.1 Å². The molecule has 1 aromatic rings. The second-order valence-corrected chi connectivity index (χ2v) is 7.48. The smallest absolute Gasteiger partial charge is 0.222 e. The Morgan fingerprint density at radius 2 is 1.93 bits per heavy atom. The molecule has 2 aliphatic rings. The molecule has 2 unspecified atom stereocenters. The zero-order chi connectivity index (χ0) is 19.1. The predicted octanol–water partition coefficient (Wildman–Crippen LogP) is 2.70. The number of carbonyl (C=O) groups excluding carboxylic acids is 1. The maximum atomic E-state index is 11.9. The monoisotopic (exact) mass is 499 g/mol. The minimum atomic E-state index is 0. The SMILES string of the molecule is CCNC(=NCC1CCN(c2ccccc2)C1)NC1CCN(C(=O)CC)C1.I. The van der Waals surface area contributed by atoms with Crippen molar-refractivity contribution >= 4 is 41.5 Å². The zero-order valence-corrected chi connectivity index (χ0v) is 19.4. The van der Waals surface area contributed by atoms with Gasteiger partial charge in [0.05, 0.1) is 0 Å². The number of halogens is 1. The minimum Gasteiger partial charge on any atom is -0.371 e. The number of benzene rings is 1. The first-order chi connectivity index (χ1) is 13.2. The molecule has 2 atom stereocenters. The van der Waals surface area contributed by atoms with E-state index in [4.69, 9.17) is 4.99 Å². The number of para-hydroxylation sites is 1. The topological polar surface area (TPSA) is 60.0 Å². The van der Waals surface area contributed by atoms with Gasteiger partial charge in [0.25, 0.3) is 0 Å². The summed E-state index contributed by atoms with van der Waals surface area (Å²) in [6.07, 6.45) is 2.75. The Bertz CT molecular complexity index is 639. The summed E-state index contributed by atoms with van der Waals surface area (Å²) < 4.78 is 0. The second kappa shape index (κ2) is 11.5. The highest BCUT2D eigenvalue weighted by molar-refractivity contribution is 14.0. The number of amides is 1. The number of nitrogens with zero attached hydrogens (tertiary/aromatic N) is 3. The molecule has 1 amide bonds. The summed E-state index contributed by atoms with van der Waals surface area (Å²) in [7, 11) is 0. The van der Waals surface area contributed by atoms with Crippen LogP contribution in [0.3, 0.4) is 0 Å². The molecule has 28 heavy (non-hydrogen) atoms. The first-order valence-electron chi connectivity index (χ1n) is 10.3. The fraction of sp³-hybridized carbons (Fsp3) is 0.619. The molecule has 0 bridgehead atoms. The number of hydrogen-bond donors (Lipinski definition) is 2. The molecular formula is C21H34IN5O. The molecule has 2 saturated heterocycles. The number of likely N-dealkylation sites (tertiary alicyclic amines) is 1. The van der Waals surface area contributed by atoms with E-state index in [9.17, 15) is 4.79 Å². The van der Waals surface area contributed by atoms with Crippen molar-refractivity contribution < 1.29 is 4.79 Å². The third-order valence-corrected chi connectivity index (χ3v) is 5.44. The highest BCUT2D eigenvalue weighted by Crippen LogP contribution is 2.23. The van der Waals surface area contributed by atoms with Crippen molar-refractivity contribution in [1.82, 2.24) is 15.5 Å². The van der Waals surface area contributed by atoms with Crippen LogP contribution in [0, 0.1) is 5.92 Å². The second-order valence-electron chi connectivity index (χ2n) is 7.48. The lowest BCUT2D eigenvalue weighted by Gasteiger charge is -2.20. The largest absolute Gasteiger partial charge is 0.371 e. The van der Waals surface area contributed by atoms with Gasteiger partial charge in [0.2, 0.25) is 5.91 Å². The molecule has 6 nitrogen and oxygen atoms in total. The van der Waals surface area contributed by atoms with Crippen molar-refractivity contribution in [2.24, 2.45) is 10.9 Å². The molecule has 2 N–H and O–H groups in total. The van der Waals surface area contributed by atoms with Crippen molar-refractivity contribution in [3.8, 4) is 0 Å². The summed E-state index contributed by atoms with van der Waals surface area (Å²) in [6, 6.07) is 10.9. The molecule has 2 aliphatic heterocycles. The van der Waals surface area contributed by atoms with Crippen molar-refractivity contribution in [1.29, 1.82) is 0 Å². The number of nitrogens with one attached hydrogen (secondary N) is 2. The van der Waals surface area contributed by atoms with Gasteiger partial charge in [-0.1, -0.05) is 25.1 Å². The number of rotatable bonds is 6. The molecule has 0 aromatic heterocycles. The van der Waals surface area contributed by atoms with Gasteiger partial charge in [-0.2, -0.15) is 0 Å². The Hall–Kier alpha value is -1.51. The van der Waals surface area contributed by atoms with Gasteiger partial charge in [0.15, 0.2) is 5.96 Å². The van der Waals surface area contributed by atoms with E-state index < -0.39 is 0 Å². The lowest BCUT2D eigenvalue weighted by molar-refractivity contribution is -0.129. The van der Waals surface area contributed by atoms with E-state index in [-0.39, 0.29) is 29.9 Å². The van der Waals surface area contributed by atoms with Gasteiger partial charge < -0.3 is 20.4 Å². The summed E-state index contributed by atoms with van der Waals surface area (Å²) in [5, 5.41) is 6.88. The molecular weight excluding hydrogens is 465 g/mol. The molecule has 0 aliphatic carbocycles. The van der Waals surface area contributed by atoms with Crippen LogP contribution in [-0.4, -0.2) is 62.1 Å². The summed E-state index contributed by atoms with van der Waals surface area (Å²) in [5.41, 5.74) is 1.31. The van der Waals surface area contributed by atoms with E-state index in [1.807, 2.05) is 11.8 Å². The third-order valence-electron chi connectivity index (χ3n) is 5.44. The van der Waals surface area contributed by atoms with E-state index in [1.54, 1.807) is 0 Å². The van der Waals surface area contributed by atoms with Crippen LogP contribution in [0.25, 0.3) is 0 Å². The van der Waals surface area contributed by atoms with Gasteiger partial charge in [-0.25, -0.2) is 0 Å². The molecule has 1 aromatic carbocycles. The van der Waals surface area contributed by atoms with E-state index in [0.29, 0.717) is 18.4 Å².